The first-order valence-electron chi connectivity index (χ1n) is 10.4. The van der Waals surface area contributed by atoms with Gasteiger partial charge in [-0.2, -0.15) is 0 Å². The first kappa shape index (κ1) is 20.8. The Morgan fingerprint density at radius 1 is 1.13 bits per heavy atom. The van der Waals surface area contributed by atoms with Gasteiger partial charge in [0.25, 0.3) is 5.91 Å². The maximum absolute atomic E-state index is 13.5. The quantitative estimate of drug-likeness (QED) is 0.648. The molecular weight excluding hydrogens is 398 g/mol. The molecule has 2 aromatic carbocycles. The lowest BCUT2D eigenvalue weighted by atomic mass is 10.00. The number of carbonyl (C=O) groups is 1. The van der Waals surface area contributed by atoms with Gasteiger partial charge >= 0.3 is 0 Å². The average Bonchev–Trinajstić information content (AvgIpc) is 2.98. The second kappa shape index (κ2) is 8.71. The molecule has 0 saturated carbocycles. The second-order valence-electron chi connectivity index (χ2n) is 7.54. The summed E-state index contributed by atoms with van der Waals surface area (Å²) in [4.78, 5) is 24.6. The van der Waals surface area contributed by atoms with Crippen LogP contribution in [0.3, 0.4) is 0 Å². The minimum Gasteiger partial charge on any atom is -0.490 e. The minimum atomic E-state index is -0.565. The van der Waals surface area contributed by atoms with Crippen LogP contribution in [0.5, 0.6) is 17.2 Å². The summed E-state index contributed by atoms with van der Waals surface area (Å²) in [6, 6.07) is 8.93. The van der Waals surface area contributed by atoms with Crippen molar-refractivity contribution in [2.24, 2.45) is 5.73 Å². The highest BCUT2D eigenvalue weighted by atomic mass is 16.5. The Balaban J connectivity index is 1.84. The van der Waals surface area contributed by atoms with Crippen LogP contribution in [-0.4, -0.2) is 25.7 Å². The molecule has 1 aromatic heterocycles. The molecule has 2 N–H and O–H groups in total. The number of nitrogens with two attached hydrogens (primary N) is 1. The van der Waals surface area contributed by atoms with E-state index in [4.69, 9.17) is 24.4 Å². The van der Waals surface area contributed by atoms with E-state index in [2.05, 4.69) is 0 Å². The highest BCUT2D eigenvalue weighted by Crippen LogP contribution is 2.35. The van der Waals surface area contributed by atoms with Gasteiger partial charge in [-0.05, 0) is 42.7 Å². The van der Waals surface area contributed by atoms with Crippen molar-refractivity contribution in [3.63, 3.8) is 0 Å². The van der Waals surface area contributed by atoms with Crippen LogP contribution in [0.2, 0.25) is 0 Å². The lowest BCUT2D eigenvalue weighted by Crippen LogP contribution is -2.20. The Labute approximate surface area is 179 Å². The van der Waals surface area contributed by atoms with Gasteiger partial charge in [-0.15, -0.1) is 0 Å². The van der Waals surface area contributed by atoms with Crippen LogP contribution in [0.4, 0.5) is 0 Å². The molecule has 7 heteroatoms. The number of rotatable bonds is 6. The van der Waals surface area contributed by atoms with Gasteiger partial charge in [0, 0.05) is 12.5 Å². The molecule has 2 heterocycles. The molecule has 0 radical (unpaired) electrons. The van der Waals surface area contributed by atoms with Gasteiger partial charge in [0.05, 0.1) is 24.2 Å². The summed E-state index contributed by atoms with van der Waals surface area (Å²) in [5.74, 6) is 1.71. The Morgan fingerprint density at radius 3 is 2.65 bits per heavy atom. The van der Waals surface area contributed by atoms with E-state index in [1.54, 1.807) is 19.1 Å². The molecule has 162 valence electrons. The molecule has 1 aliphatic rings. The summed E-state index contributed by atoms with van der Waals surface area (Å²) in [5, 5.41) is 0.461. The summed E-state index contributed by atoms with van der Waals surface area (Å²) in [5.41, 5.74) is 7.51. The SMILES string of the molecule is CCCc1cc2c(=O)c(-c3ccc4c(c3)OCCCO4)c(C)oc2cc1OCC(N)=O. The van der Waals surface area contributed by atoms with E-state index in [9.17, 15) is 9.59 Å². The number of hydrogen-bond acceptors (Lipinski definition) is 6. The molecule has 0 bridgehead atoms. The molecule has 31 heavy (non-hydrogen) atoms. The summed E-state index contributed by atoms with van der Waals surface area (Å²) >= 11 is 0. The van der Waals surface area contributed by atoms with Crippen molar-refractivity contribution in [1.29, 1.82) is 0 Å². The van der Waals surface area contributed by atoms with Crippen LogP contribution in [0, 0.1) is 6.92 Å². The second-order valence-corrected chi connectivity index (χ2v) is 7.54. The van der Waals surface area contributed by atoms with Crippen molar-refractivity contribution in [3.8, 4) is 28.4 Å². The number of fused-ring (bicyclic) bond motifs is 2. The number of benzene rings is 2. The smallest absolute Gasteiger partial charge is 0.255 e. The van der Waals surface area contributed by atoms with Crippen molar-refractivity contribution < 1.29 is 23.4 Å². The molecular formula is C24H25NO6. The molecule has 0 saturated heterocycles. The number of carbonyl (C=O) groups excluding carboxylic acids is 1. The highest BCUT2D eigenvalue weighted by molar-refractivity contribution is 5.85. The van der Waals surface area contributed by atoms with E-state index in [1.165, 1.54) is 0 Å². The fourth-order valence-corrected chi connectivity index (χ4v) is 3.78. The number of ether oxygens (including phenoxy) is 3. The molecule has 7 nitrogen and oxygen atoms in total. The Kier molecular flexibility index (Phi) is 5.84. The van der Waals surface area contributed by atoms with Gasteiger partial charge in [0.15, 0.2) is 18.1 Å². The Bertz CT molecular complexity index is 1200. The fourth-order valence-electron chi connectivity index (χ4n) is 3.78. The number of primary amides is 1. The van der Waals surface area contributed by atoms with E-state index < -0.39 is 5.91 Å². The van der Waals surface area contributed by atoms with Crippen LogP contribution in [0.1, 0.15) is 31.1 Å². The fraction of sp³-hybridized carbons (Fsp3) is 0.333. The maximum Gasteiger partial charge on any atom is 0.255 e. The van der Waals surface area contributed by atoms with Gasteiger partial charge in [-0.1, -0.05) is 19.4 Å². The average molecular weight is 423 g/mol. The zero-order valence-electron chi connectivity index (χ0n) is 17.7. The van der Waals surface area contributed by atoms with Crippen molar-refractivity contribution >= 4 is 16.9 Å². The van der Waals surface area contributed by atoms with Gasteiger partial charge in [-0.25, -0.2) is 0 Å². The zero-order valence-corrected chi connectivity index (χ0v) is 17.7. The van der Waals surface area contributed by atoms with Crippen LogP contribution in [0.25, 0.3) is 22.1 Å². The standard InChI is InChI=1S/C24H25NO6/c1-3-5-15-10-17-20(12-19(15)30-13-22(25)26)31-14(2)23(24(17)27)16-6-7-18-21(11-16)29-9-4-8-28-18/h6-7,10-12H,3-5,8-9,13H2,1-2H3,(H2,25,26). The van der Waals surface area contributed by atoms with Crippen LogP contribution >= 0.6 is 0 Å². The molecule has 0 atom stereocenters. The lowest BCUT2D eigenvalue weighted by molar-refractivity contribution is -0.119. The Morgan fingerprint density at radius 2 is 1.90 bits per heavy atom. The summed E-state index contributed by atoms with van der Waals surface area (Å²) < 4.78 is 23.0. The van der Waals surface area contributed by atoms with E-state index in [-0.39, 0.29) is 12.0 Å². The highest BCUT2D eigenvalue weighted by Gasteiger charge is 2.19. The summed E-state index contributed by atoms with van der Waals surface area (Å²) in [6.45, 7) is 4.72. The molecule has 1 aliphatic heterocycles. The van der Waals surface area contributed by atoms with Crippen molar-refractivity contribution in [2.45, 2.75) is 33.1 Å². The largest absolute Gasteiger partial charge is 0.490 e. The van der Waals surface area contributed by atoms with Crippen molar-refractivity contribution in [3.05, 3.63) is 51.9 Å². The zero-order chi connectivity index (χ0) is 22.0. The first-order chi connectivity index (χ1) is 15.0. The molecule has 0 fully saturated rings. The molecule has 3 aromatic rings. The van der Waals surface area contributed by atoms with Crippen LogP contribution in [0.15, 0.2) is 39.5 Å². The van der Waals surface area contributed by atoms with Gasteiger partial charge in [-0.3, -0.25) is 9.59 Å². The predicted molar refractivity (Wildman–Crippen MR) is 117 cm³/mol. The predicted octanol–water partition coefficient (Wildman–Crippen LogP) is 3.75. The molecule has 4 rings (SSSR count). The molecule has 0 spiro atoms. The lowest BCUT2D eigenvalue weighted by Gasteiger charge is -2.14. The summed E-state index contributed by atoms with van der Waals surface area (Å²) in [7, 11) is 0. The monoisotopic (exact) mass is 423 g/mol. The van der Waals surface area contributed by atoms with E-state index in [0.717, 1.165) is 18.4 Å². The van der Waals surface area contributed by atoms with Gasteiger partial charge in [0.2, 0.25) is 5.43 Å². The minimum absolute atomic E-state index is 0.132. The number of hydrogen-bond donors (Lipinski definition) is 1. The van der Waals surface area contributed by atoms with E-state index in [0.29, 0.717) is 64.7 Å². The van der Waals surface area contributed by atoms with Gasteiger partial charge in [0.1, 0.15) is 17.1 Å². The van der Waals surface area contributed by atoms with E-state index in [1.807, 2.05) is 25.1 Å². The Hall–Kier alpha value is -3.48. The number of aryl methyl sites for hydroxylation is 2. The molecule has 0 aliphatic carbocycles. The molecule has 0 unspecified atom stereocenters. The first-order valence-corrected chi connectivity index (χ1v) is 10.4. The third-order valence-corrected chi connectivity index (χ3v) is 5.17. The van der Waals surface area contributed by atoms with Crippen LogP contribution in [-0.2, 0) is 11.2 Å². The normalized spacial score (nSPS) is 13.1. The van der Waals surface area contributed by atoms with Crippen molar-refractivity contribution in [1.82, 2.24) is 0 Å². The van der Waals surface area contributed by atoms with Gasteiger partial charge < -0.3 is 24.4 Å². The molecule has 1 amide bonds. The third kappa shape index (κ3) is 4.21. The number of amides is 1. The maximum atomic E-state index is 13.5. The van der Waals surface area contributed by atoms with Crippen LogP contribution < -0.4 is 25.4 Å². The van der Waals surface area contributed by atoms with Crippen molar-refractivity contribution in [2.75, 3.05) is 19.8 Å². The third-order valence-electron chi connectivity index (χ3n) is 5.17. The van der Waals surface area contributed by atoms with E-state index >= 15 is 0 Å². The topological polar surface area (TPSA) is 101 Å². The summed E-state index contributed by atoms with van der Waals surface area (Å²) in [6.07, 6.45) is 2.35.